The molecule has 0 saturated heterocycles. The Morgan fingerprint density at radius 3 is 1.41 bits per heavy atom. The highest BCUT2D eigenvalue weighted by Crippen LogP contribution is 2.39. The van der Waals surface area contributed by atoms with E-state index in [0.717, 1.165) is 12.1 Å². The number of fused-ring (bicyclic) bond motifs is 2. The van der Waals surface area contributed by atoms with Crippen LogP contribution in [0.25, 0.3) is 0 Å². The first-order valence-electron chi connectivity index (χ1n) is 11.0. The van der Waals surface area contributed by atoms with E-state index in [1.165, 1.54) is 12.1 Å². The van der Waals surface area contributed by atoms with E-state index in [2.05, 4.69) is 10.6 Å². The maximum atomic E-state index is 12.8. The molecule has 2 aliphatic heterocycles. The third-order valence-electron chi connectivity index (χ3n) is 5.85. The predicted molar refractivity (Wildman–Crippen MR) is 116 cm³/mol. The first-order valence-corrected chi connectivity index (χ1v) is 11.0. The Bertz CT molecular complexity index is 884. The van der Waals surface area contributed by atoms with Gasteiger partial charge in [-0.2, -0.15) is 26.3 Å². The van der Waals surface area contributed by atoms with Crippen molar-refractivity contribution in [1.82, 2.24) is 10.6 Å². The van der Waals surface area contributed by atoms with Crippen LogP contribution in [-0.4, -0.2) is 40.4 Å². The monoisotopic (exact) mass is 490 g/mol. The summed E-state index contributed by atoms with van der Waals surface area (Å²) in [6, 6.07) is 8.59. The van der Waals surface area contributed by atoms with Crippen LogP contribution in [0.1, 0.15) is 45.6 Å². The maximum absolute atomic E-state index is 12.8. The summed E-state index contributed by atoms with van der Waals surface area (Å²) in [5.74, 6) is 0. The van der Waals surface area contributed by atoms with Crippen LogP contribution in [0.2, 0.25) is 0 Å². The van der Waals surface area contributed by atoms with Gasteiger partial charge in [-0.15, -0.1) is 0 Å². The van der Waals surface area contributed by atoms with Gasteiger partial charge in [0.05, 0.1) is 36.5 Å². The molecule has 188 valence electrons. The van der Waals surface area contributed by atoms with E-state index in [0.29, 0.717) is 61.4 Å². The summed E-state index contributed by atoms with van der Waals surface area (Å²) in [6.07, 6.45) is -8.49. The molecule has 0 aliphatic carbocycles. The summed E-state index contributed by atoms with van der Waals surface area (Å²) in [5, 5.41) is 5.86. The molecular weight excluding hydrogens is 462 g/mol. The van der Waals surface area contributed by atoms with Crippen molar-refractivity contribution in [2.75, 3.05) is 40.4 Å². The molecule has 2 aromatic carbocycles. The first kappa shape index (κ1) is 26.5. The summed E-state index contributed by atoms with van der Waals surface area (Å²) in [7, 11) is 3.51. The number of halogens is 6. The predicted octanol–water partition coefficient (Wildman–Crippen LogP) is 5.08. The van der Waals surface area contributed by atoms with Crippen LogP contribution < -0.4 is 10.6 Å². The van der Waals surface area contributed by atoms with Crippen LogP contribution in [0.15, 0.2) is 36.4 Å². The molecule has 0 radical (unpaired) electrons. The zero-order valence-electron chi connectivity index (χ0n) is 18.9. The number of ether oxygens (including phenoxy) is 2. The minimum atomic E-state index is -4.28. The Hall–Kier alpha value is -2.14. The van der Waals surface area contributed by atoms with E-state index in [1.54, 1.807) is 26.2 Å². The van der Waals surface area contributed by atoms with Crippen LogP contribution in [0.4, 0.5) is 26.3 Å². The molecule has 0 bridgehead atoms. The molecule has 0 amide bonds. The lowest BCUT2D eigenvalue weighted by atomic mass is 9.92. The highest BCUT2D eigenvalue weighted by Gasteiger charge is 2.37. The SMILES string of the molecule is CNC[C@@H]1OCCc2c1cccc2C(F)(F)F.CNC[C@H]1OCCc2c1cccc2C(F)(F)F. The van der Waals surface area contributed by atoms with Crippen LogP contribution in [-0.2, 0) is 34.7 Å². The molecular formula is C24H28F6N2O2. The van der Waals surface area contributed by atoms with Gasteiger partial charge in [-0.25, -0.2) is 0 Å². The molecule has 0 fully saturated rings. The molecule has 0 saturated carbocycles. The molecule has 4 rings (SSSR count). The Morgan fingerprint density at radius 2 is 1.09 bits per heavy atom. The molecule has 0 unspecified atom stereocenters. The normalized spacial score (nSPS) is 20.1. The fourth-order valence-electron chi connectivity index (χ4n) is 4.40. The minimum absolute atomic E-state index is 0.286. The minimum Gasteiger partial charge on any atom is -0.372 e. The van der Waals surface area contributed by atoms with Crippen LogP contribution >= 0.6 is 0 Å². The average molecular weight is 490 g/mol. The molecule has 2 heterocycles. The summed E-state index contributed by atoms with van der Waals surface area (Å²) in [6.45, 7) is 1.72. The highest BCUT2D eigenvalue weighted by atomic mass is 19.4. The average Bonchev–Trinajstić information content (AvgIpc) is 2.78. The number of nitrogens with one attached hydrogen (secondary N) is 2. The molecule has 10 heteroatoms. The standard InChI is InChI=1S/2C12H14F3NO/c2*1-16-7-11-9-3-2-4-10(12(13,14)15)8(9)5-6-17-11/h2*2-4,11,16H,5-7H2,1H3/t2*11-/m10/s1. The molecule has 0 spiro atoms. The number of benzene rings is 2. The summed E-state index contributed by atoms with van der Waals surface area (Å²) in [4.78, 5) is 0. The van der Waals surface area contributed by atoms with E-state index < -0.39 is 23.5 Å². The largest absolute Gasteiger partial charge is 0.416 e. The van der Waals surface area contributed by atoms with Gasteiger partial charge in [-0.3, -0.25) is 0 Å². The molecule has 2 aliphatic rings. The quantitative estimate of drug-likeness (QED) is 0.587. The van der Waals surface area contributed by atoms with Gasteiger partial charge in [-0.1, -0.05) is 24.3 Å². The molecule has 34 heavy (non-hydrogen) atoms. The van der Waals surface area contributed by atoms with E-state index in [-0.39, 0.29) is 12.2 Å². The topological polar surface area (TPSA) is 42.5 Å². The zero-order chi connectivity index (χ0) is 24.9. The molecule has 2 N–H and O–H groups in total. The number of alkyl halides is 6. The van der Waals surface area contributed by atoms with Crippen LogP contribution in [0, 0.1) is 0 Å². The summed E-state index contributed by atoms with van der Waals surface area (Å²) in [5.41, 5.74) is 1.01. The lowest BCUT2D eigenvalue weighted by Gasteiger charge is -2.28. The van der Waals surface area contributed by atoms with Gasteiger partial charge in [0.2, 0.25) is 0 Å². The number of likely N-dealkylation sites (N-methyl/N-ethyl adjacent to an activating group) is 2. The Morgan fingerprint density at radius 1 is 0.706 bits per heavy atom. The van der Waals surface area contributed by atoms with Crippen LogP contribution in [0.5, 0.6) is 0 Å². The Labute approximate surface area is 194 Å². The summed E-state index contributed by atoms with van der Waals surface area (Å²) < 4.78 is 88.0. The fourth-order valence-corrected chi connectivity index (χ4v) is 4.40. The molecule has 2 aromatic rings. The molecule has 4 nitrogen and oxygen atoms in total. The Balaban J connectivity index is 0.000000191. The Kier molecular flexibility index (Phi) is 8.62. The zero-order valence-corrected chi connectivity index (χ0v) is 18.9. The van der Waals surface area contributed by atoms with Crippen molar-refractivity contribution in [2.24, 2.45) is 0 Å². The van der Waals surface area contributed by atoms with Crippen molar-refractivity contribution in [2.45, 2.75) is 37.4 Å². The third-order valence-corrected chi connectivity index (χ3v) is 5.85. The van der Waals surface area contributed by atoms with Gasteiger partial charge in [0, 0.05) is 13.1 Å². The van der Waals surface area contributed by atoms with Gasteiger partial charge >= 0.3 is 12.4 Å². The van der Waals surface area contributed by atoms with Crippen molar-refractivity contribution in [3.8, 4) is 0 Å². The van der Waals surface area contributed by atoms with Gasteiger partial charge in [0.15, 0.2) is 0 Å². The van der Waals surface area contributed by atoms with Crippen molar-refractivity contribution in [3.63, 3.8) is 0 Å². The first-order chi connectivity index (χ1) is 16.1. The van der Waals surface area contributed by atoms with E-state index in [1.807, 2.05) is 0 Å². The van der Waals surface area contributed by atoms with Crippen molar-refractivity contribution < 1.29 is 35.8 Å². The van der Waals surface area contributed by atoms with Gasteiger partial charge in [0.1, 0.15) is 0 Å². The molecule has 2 atom stereocenters. The van der Waals surface area contributed by atoms with E-state index in [4.69, 9.17) is 9.47 Å². The number of rotatable bonds is 4. The van der Waals surface area contributed by atoms with Gasteiger partial charge in [-0.05, 0) is 61.3 Å². The fraction of sp³-hybridized carbons (Fsp3) is 0.500. The maximum Gasteiger partial charge on any atom is 0.416 e. The van der Waals surface area contributed by atoms with Crippen molar-refractivity contribution in [3.05, 3.63) is 69.8 Å². The second kappa shape index (κ2) is 11.1. The smallest absolute Gasteiger partial charge is 0.372 e. The van der Waals surface area contributed by atoms with Gasteiger partial charge < -0.3 is 20.1 Å². The molecule has 0 aromatic heterocycles. The third kappa shape index (κ3) is 6.10. The lowest BCUT2D eigenvalue weighted by molar-refractivity contribution is -0.139. The van der Waals surface area contributed by atoms with Crippen LogP contribution in [0.3, 0.4) is 0 Å². The second-order valence-corrected chi connectivity index (χ2v) is 8.08. The van der Waals surface area contributed by atoms with Crippen molar-refractivity contribution >= 4 is 0 Å². The van der Waals surface area contributed by atoms with Crippen molar-refractivity contribution in [1.29, 1.82) is 0 Å². The number of hydrogen-bond donors (Lipinski definition) is 2. The highest BCUT2D eigenvalue weighted by molar-refractivity contribution is 5.41. The van der Waals surface area contributed by atoms with Gasteiger partial charge in [0.25, 0.3) is 0 Å². The van der Waals surface area contributed by atoms with E-state index >= 15 is 0 Å². The second-order valence-electron chi connectivity index (χ2n) is 8.08. The summed E-state index contributed by atoms with van der Waals surface area (Å²) >= 11 is 0. The van der Waals surface area contributed by atoms with E-state index in [9.17, 15) is 26.3 Å². The number of hydrogen-bond acceptors (Lipinski definition) is 4. The lowest BCUT2D eigenvalue weighted by Crippen LogP contribution is -2.27.